The fourth-order valence-corrected chi connectivity index (χ4v) is 4.05. The van der Waals surface area contributed by atoms with Gasteiger partial charge in [0.15, 0.2) is 5.16 Å². The lowest BCUT2D eigenvalue weighted by Gasteiger charge is -2.38. The van der Waals surface area contributed by atoms with Crippen LogP contribution in [0.5, 0.6) is 0 Å². The third kappa shape index (κ3) is 3.55. The number of ether oxygens (including phenoxy) is 1. The minimum atomic E-state index is -0.521. The Morgan fingerprint density at radius 2 is 2.50 bits per heavy atom. The van der Waals surface area contributed by atoms with Crippen molar-refractivity contribution < 1.29 is 9.53 Å². The molecule has 0 bridgehead atoms. The Labute approximate surface area is 124 Å². The van der Waals surface area contributed by atoms with E-state index in [0.29, 0.717) is 11.9 Å². The summed E-state index contributed by atoms with van der Waals surface area (Å²) in [4.78, 5) is 19.7. The summed E-state index contributed by atoms with van der Waals surface area (Å²) in [6.45, 7) is 5.10. The van der Waals surface area contributed by atoms with E-state index in [-0.39, 0.29) is 5.97 Å². The van der Waals surface area contributed by atoms with Crippen molar-refractivity contribution in [3.05, 3.63) is 12.4 Å². The SMILES string of the molecule is CCNC1(C(=O)OCC)CCCC(Sc2ncc[nH]2)C1. The molecule has 1 aromatic rings. The number of aromatic nitrogens is 2. The van der Waals surface area contributed by atoms with E-state index in [9.17, 15) is 4.79 Å². The number of nitrogens with one attached hydrogen (secondary N) is 2. The van der Waals surface area contributed by atoms with Crippen LogP contribution in [0.4, 0.5) is 0 Å². The van der Waals surface area contributed by atoms with Gasteiger partial charge in [-0.25, -0.2) is 4.98 Å². The summed E-state index contributed by atoms with van der Waals surface area (Å²) in [6, 6.07) is 0. The first-order chi connectivity index (χ1) is 9.70. The van der Waals surface area contributed by atoms with Crippen molar-refractivity contribution >= 4 is 17.7 Å². The highest BCUT2D eigenvalue weighted by Gasteiger charge is 2.43. The van der Waals surface area contributed by atoms with E-state index in [4.69, 9.17) is 4.74 Å². The summed E-state index contributed by atoms with van der Waals surface area (Å²) in [5.41, 5.74) is -0.521. The van der Waals surface area contributed by atoms with Gasteiger partial charge < -0.3 is 15.0 Å². The van der Waals surface area contributed by atoms with Gasteiger partial charge in [-0.2, -0.15) is 0 Å². The lowest BCUT2D eigenvalue weighted by molar-refractivity contribution is -0.152. The van der Waals surface area contributed by atoms with E-state index in [1.165, 1.54) is 0 Å². The lowest BCUT2D eigenvalue weighted by Crippen LogP contribution is -2.56. The number of imidazole rings is 1. The number of H-pyrrole nitrogens is 1. The van der Waals surface area contributed by atoms with E-state index in [1.54, 1.807) is 18.0 Å². The number of likely N-dealkylation sites (N-methyl/N-ethyl adjacent to an activating group) is 1. The van der Waals surface area contributed by atoms with Crippen molar-refractivity contribution in [2.45, 2.75) is 55.5 Å². The van der Waals surface area contributed by atoms with Crippen LogP contribution in [0, 0.1) is 0 Å². The molecule has 2 unspecified atom stereocenters. The molecule has 2 rings (SSSR count). The normalized spacial score (nSPS) is 26.4. The Morgan fingerprint density at radius 1 is 1.65 bits per heavy atom. The number of hydrogen-bond donors (Lipinski definition) is 2. The smallest absolute Gasteiger partial charge is 0.326 e. The van der Waals surface area contributed by atoms with Crippen molar-refractivity contribution in [1.82, 2.24) is 15.3 Å². The van der Waals surface area contributed by atoms with E-state index < -0.39 is 5.54 Å². The maximum atomic E-state index is 12.3. The molecule has 5 nitrogen and oxygen atoms in total. The zero-order valence-electron chi connectivity index (χ0n) is 12.1. The number of nitrogens with zero attached hydrogens (tertiary/aromatic N) is 1. The highest BCUT2D eigenvalue weighted by molar-refractivity contribution is 7.99. The van der Waals surface area contributed by atoms with Crippen LogP contribution in [0.2, 0.25) is 0 Å². The first-order valence-electron chi connectivity index (χ1n) is 7.28. The van der Waals surface area contributed by atoms with E-state index >= 15 is 0 Å². The Balaban J connectivity index is 2.06. The molecule has 2 N–H and O–H groups in total. The number of carbonyl (C=O) groups is 1. The van der Waals surface area contributed by atoms with E-state index in [1.807, 2.05) is 20.0 Å². The Kier molecular flexibility index (Phi) is 5.48. The summed E-state index contributed by atoms with van der Waals surface area (Å²) in [5.74, 6) is -0.105. The second-order valence-electron chi connectivity index (χ2n) is 5.06. The number of thioether (sulfide) groups is 1. The van der Waals surface area contributed by atoms with Gasteiger partial charge in [0.25, 0.3) is 0 Å². The maximum absolute atomic E-state index is 12.3. The predicted molar refractivity (Wildman–Crippen MR) is 79.7 cm³/mol. The zero-order chi connectivity index (χ0) is 14.4. The zero-order valence-corrected chi connectivity index (χ0v) is 13.0. The first kappa shape index (κ1) is 15.4. The third-order valence-corrected chi connectivity index (χ3v) is 4.82. The Morgan fingerprint density at radius 3 is 3.15 bits per heavy atom. The van der Waals surface area contributed by atoms with Gasteiger partial charge in [0, 0.05) is 17.6 Å². The molecule has 0 aromatic carbocycles. The van der Waals surface area contributed by atoms with Crippen LogP contribution in [0.1, 0.15) is 39.5 Å². The third-order valence-electron chi connectivity index (χ3n) is 3.64. The lowest BCUT2D eigenvalue weighted by atomic mass is 9.81. The molecule has 112 valence electrons. The maximum Gasteiger partial charge on any atom is 0.326 e. The van der Waals surface area contributed by atoms with Crippen LogP contribution in [0.3, 0.4) is 0 Å². The number of hydrogen-bond acceptors (Lipinski definition) is 5. The van der Waals surface area contributed by atoms with Crippen molar-refractivity contribution in [3.8, 4) is 0 Å². The molecular weight excluding hydrogens is 274 g/mol. The fraction of sp³-hybridized carbons (Fsp3) is 0.714. The molecule has 1 fully saturated rings. The van der Waals surface area contributed by atoms with Crippen molar-refractivity contribution in [1.29, 1.82) is 0 Å². The van der Waals surface area contributed by atoms with Gasteiger partial charge >= 0.3 is 5.97 Å². The molecule has 0 saturated heterocycles. The molecule has 1 saturated carbocycles. The van der Waals surface area contributed by atoms with Gasteiger partial charge in [-0.1, -0.05) is 18.7 Å². The van der Waals surface area contributed by atoms with Gasteiger partial charge in [0.2, 0.25) is 0 Å². The van der Waals surface area contributed by atoms with Crippen LogP contribution in [-0.4, -0.2) is 39.9 Å². The van der Waals surface area contributed by atoms with E-state index in [2.05, 4.69) is 15.3 Å². The molecule has 1 aliphatic rings. The van der Waals surface area contributed by atoms with Crippen LogP contribution in [-0.2, 0) is 9.53 Å². The van der Waals surface area contributed by atoms with Crippen LogP contribution < -0.4 is 5.32 Å². The molecule has 0 amide bonds. The molecule has 6 heteroatoms. The standard InChI is InChI=1S/C14H23N3O2S/c1-3-17-14(12(18)19-4-2)7-5-6-11(10-14)20-13-15-8-9-16-13/h8-9,11,17H,3-7,10H2,1-2H3,(H,15,16). The summed E-state index contributed by atoms with van der Waals surface area (Å²) >= 11 is 1.72. The molecule has 20 heavy (non-hydrogen) atoms. The molecule has 1 aromatic heterocycles. The molecule has 1 heterocycles. The molecule has 0 aliphatic heterocycles. The number of rotatable bonds is 6. The minimum absolute atomic E-state index is 0.105. The van der Waals surface area contributed by atoms with Gasteiger partial charge in [-0.3, -0.25) is 4.79 Å². The number of esters is 1. The molecule has 0 radical (unpaired) electrons. The molecular formula is C14H23N3O2S. The van der Waals surface area contributed by atoms with Crippen molar-refractivity contribution in [3.63, 3.8) is 0 Å². The summed E-state index contributed by atoms with van der Waals surface area (Å²) in [7, 11) is 0. The average Bonchev–Trinajstić information content (AvgIpc) is 2.92. The predicted octanol–water partition coefficient (Wildman–Crippen LogP) is 2.36. The quantitative estimate of drug-likeness (QED) is 0.789. The summed E-state index contributed by atoms with van der Waals surface area (Å²) in [6.07, 6.45) is 7.38. The van der Waals surface area contributed by atoms with Gasteiger partial charge in [0.1, 0.15) is 5.54 Å². The topological polar surface area (TPSA) is 67.0 Å². The average molecular weight is 297 g/mol. The molecule has 0 spiro atoms. The van der Waals surface area contributed by atoms with Gasteiger partial charge in [-0.05, 0) is 39.2 Å². The minimum Gasteiger partial charge on any atom is -0.465 e. The highest BCUT2D eigenvalue weighted by atomic mass is 32.2. The van der Waals surface area contributed by atoms with Gasteiger partial charge in [-0.15, -0.1) is 0 Å². The monoisotopic (exact) mass is 297 g/mol. The van der Waals surface area contributed by atoms with Crippen LogP contribution in [0.25, 0.3) is 0 Å². The number of carbonyl (C=O) groups excluding carboxylic acids is 1. The highest BCUT2D eigenvalue weighted by Crippen LogP contribution is 2.38. The second kappa shape index (κ2) is 7.13. The Bertz CT molecular complexity index is 420. The number of aromatic amines is 1. The fourth-order valence-electron chi connectivity index (χ4n) is 2.82. The summed E-state index contributed by atoms with van der Waals surface area (Å²) < 4.78 is 5.29. The van der Waals surface area contributed by atoms with Gasteiger partial charge in [0.05, 0.1) is 6.61 Å². The largest absolute Gasteiger partial charge is 0.465 e. The Hall–Kier alpha value is -1.01. The van der Waals surface area contributed by atoms with E-state index in [0.717, 1.165) is 37.4 Å². The second-order valence-corrected chi connectivity index (χ2v) is 6.35. The van der Waals surface area contributed by atoms with Crippen molar-refractivity contribution in [2.24, 2.45) is 0 Å². The van der Waals surface area contributed by atoms with Crippen LogP contribution >= 0.6 is 11.8 Å². The molecule has 2 atom stereocenters. The molecule has 1 aliphatic carbocycles. The van der Waals surface area contributed by atoms with Crippen LogP contribution in [0.15, 0.2) is 17.6 Å². The summed E-state index contributed by atoms with van der Waals surface area (Å²) in [5, 5.41) is 4.68. The first-order valence-corrected chi connectivity index (χ1v) is 8.16. The van der Waals surface area contributed by atoms with Crippen molar-refractivity contribution in [2.75, 3.05) is 13.2 Å².